The van der Waals surface area contributed by atoms with E-state index in [-0.39, 0.29) is 23.3 Å². The molecular formula is C19H14ClFN2O3. The van der Waals surface area contributed by atoms with E-state index in [4.69, 9.17) is 16.3 Å². The Morgan fingerprint density at radius 1 is 1.15 bits per heavy atom. The molecule has 0 fully saturated rings. The van der Waals surface area contributed by atoms with Crippen molar-refractivity contribution in [1.82, 2.24) is 9.97 Å². The Hall–Kier alpha value is -2.99. The normalized spacial score (nSPS) is 10.4. The fourth-order valence-corrected chi connectivity index (χ4v) is 2.41. The molecule has 0 saturated heterocycles. The highest BCUT2D eigenvalue weighted by Crippen LogP contribution is 2.26. The van der Waals surface area contributed by atoms with Gasteiger partial charge in [0.05, 0.1) is 24.2 Å². The third-order valence-electron chi connectivity index (χ3n) is 3.54. The van der Waals surface area contributed by atoms with E-state index in [1.807, 2.05) is 6.07 Å². The minimum absolute atomic E-state index is 0.152. The van der Waals surface area contributed by atoms with Crippen LogP contribution in [0.4, 0.5) is 4.39 Å². The van der Waals surface area contributed by atoms with Crippen molar-refractivity contribution in [2.45, 2.75) is 6.42 Å². The van der Waals surface area contributed by atoms with Crippen molar-refractivity contribution in [3.05, 3.63) is 71.3 Å². The molecule has 0 aliphatic rings. The zero-order valence-corrected chi connectivity index (χ0v) is 14.5. The number of aromatic nitrogens is 2. The Morgan fingerprint density at radius 2 is 1.92 bits per heavy atom. The first kappa shape index (κ1) is 17.8. The molecule has 0 saturated carbocycles. The van der Waals surface area contributed by atoms with Gasteiger partial charge in [0.15, 0.2) is 5.82 Å². The van der Waals surface area contributed by atoms with Gasteiger partial charge in [0.1, 0.15) is 5.75 Å². The molecule has 2 heterocycles. The van der Waals surface area contributed by atoms with E-state index >= 15 is 0 Å². The predicted octanol–water partition coefficient (Wildman–Crippen LogP) is 4.44. The SMILES string of the molecule is COC(=O)Cc1ccnc(-c2ccc(Oc3ncc(Cl)cc3F)cc2)c1. The highest BCUT2D eigenvalue weighted by molar-refractivity contribution is 6.30. The molecule has 26 heavy (non-hydrogen) atoms. The van der Waals surface area contributed by atoms with Crippen molar-refractivity contribution in [2.75, 3.05) is 7.11 Å². The fraction of sp³-hybridized carbons (Fsp3) is 0.105. The van der Waals surface area contributed by atoms with Crippen molar-refractivity contribution < 1.29 is 18.7 Å². The molecule has 0 aliphatic carbocycles. The van der Waals surface area contributed by atoms with E-state index in [1.54, 1.807) is 36.5 Å². The lowest BCUT2D eigenvalue weighted by Crippen LogP contribution is -2.04. The Morgan fingerprint density at radius 3 is 2.62 bits per heavy atom. The number of hydrogen-bond acceptors (Lipinski definition) is 5. The third kappa shape index (κ3) is 4.34. The molecule has 2 aromatic heterocycles. The molecule has 0 N–H and O–H groups in total. The first-order chi connectivity index (χ1) is 12.5. The number of nitrogens with zero attached hydrogens (tertiary/aromatic N) is 2. The summed E-state index contributed by atoms with van der Waals surface area (Å²) in [5.41, 5.74) is 2.33. The number of rotatable bonds is 5. The lowest BCUT2D eigenvalue weighted by Gasteiger charge is -2.08. The van der Waals surface area contributed by atoms with E-state index in [9.17, 15) is 9.18 Å². The molecular weight excluding hydrogens is 359 g/mol. The molecule has 5 nitrogen and oxygen atoms in total. The van der Waals surface area contributed by atoms with E-state index < -0.39 is 5.82 Å². The summed E-state index contributed by atoms with van der Waals surface area (Å²) in [7, 11) is 1.35. The second-order valence-electron chi connectivity index (χ2n) is 5.37. The number of ether oxygens (including phenoxy) is 2. The van der Waals surface area contributed by atoms with E-state index in [1.165, 1.54) is 13.3 Å². The van der Waals surface area contributed by atoms with Gasteiger partial charge in [-0.3, -0.25) is 9.78 Å². The third-order valence-corrected chi connectivity index (χ3v) is 3.75. The summed E-state index contributed by atoms with van der Waals surface area (Å²) in [6.07, 6.45) is 3.12. The minimum Gasteiger partial charge on any atom is -0.469 e. The predicted molar refractivity (Wildman–Crippen MR) is 94.7 cm³/mol. The lowest BCUT2D eigenvalue weighted by molar-refractivity contribution is -0.139. The summed E-state index contributed by atoms with van der Waals surface area (Å²) in [5, 5.41) is 0.197. The highest BCUT2D eigenvalue weighted by atomic mass is 35.5. The number of benzene rings is 1. The summed E-state index contributed by atoms with van der Waals surface area (Å²) in [6, 6.07) is 11.6. The van der Waals surface area contributed by atoms with Crippen LogP contribution in [0.15, 0.2) is 54.9 Å². The smallest absolute Gasteiger partial charge is 0.309 e. The summed E-state index contributed by atoms with van der Waals surface area (Å²) in [4.78, 5) is 19.5. The molecule has 0 atom stereocenters. The Bertz CT molecular complexity index is 932. The molecule has 1 aromatic carbocycles. The quantitative estimate of drug-likeness (QED) is 0.619. The molecule has 0 spiro atoms. The van der Waals surface area contributed by atoms with E-state index in [0.717, 1.165) is 17.2 Å². The lowest BCUT2D eigenvalue weighted by atomic mass is 10.1. The van der Waals surface area contributed by atoms with Crippen LogP contribution in [0.3, 0.4) is 0 Å². The molecule has 0 amide bonds. The summed E-state index contributed by atoms with van der Waals surface area (Å²) in [6.45, 7) is 0. The van der Waals surface area contributed by atoms with Gasteiger partial charge >= 0.3 is 5.97 Å². The molecule has 0 bridgehead atoms. The monoisotopic (exact) mass is 372 g/mol. The first-order valence-corrected chi connectivity index (χ1v) is 8.04. The maximum absolute atomic E-state index is 13.7. The van der Waals surface area contributed by atoms with Crippen LogP contribution in [-0.2, 0) is 16.0 Å². The number of methoxy groups -OCH3 is 1. The fourth-order valence-electron chi connectivity index (χ4n) is 2.26. The van der Waals surface area contributed by atoms with Gasteiger partial charge in [-0.25, -0.2) is 9.37 Å². The van der Waals surface area contributed by atoms with Gasteiger partial charge in [-0.1, -0.05) is 11.6 Å². The van der Waals surface area contributed by atoms with Crippen LogP contribution in [0.1, 0.15) is 5.56 Å². The van der Waals surface area contributed by atoms with Gasteiger partial charge in [-0.2, -0.15) is 0 Å². The molecule has 0 radical (unpaired) electrons. The van der Waals surface area contributed by atoms with Gasteiger partial charge in [0, 0.05) is 18.0 Å². The molecule has 0 unspecified atom stereocenters. The van der Waals surface area contributed by atoms with E-state index in [0.29, 0.717) is 11.4 Å². The molecule has 0 aliphatic heterocycles. The Labute approximate surface area is 154 Å². The maximum Gasteiger partial charge on any atom is 0.309 e. The maximum atomic E-state index is 13.7. The van der Waals surface area contributed by atoms with Crippen LogP contribution in [-0.4, -0.2) is 23.0 Å². The Kier molecular flexibility index (Phi) is 5.43. The number of carbonyl (C=O) groups is 1. The van der Waals surface area contributed by atoms with Crippen molar-refractivity contribution in [2.24, 2.45) is 0 Å². The molecule has 3 rings (SSSR count). The molecule has 3 aromatic rings. The molecule has 7 heteroatoms. The number of pyridine rings is 2. The standard InChI is InChI=1S/C19H14ClFN2O3/c1-25-18(24)9-12-6-7-22-17(8-12)13-2-4-15(5-3-13)26-19-16(21)10-14(20)11-23-19/h2-8,10-11H,9H2,1H3. The zero-order chi connectivity index (χ0) is 18.5. The first-order valence-electron chi connectivity index (χ1n) is 7.66. The second-order valence-corrected chi connectivity index (χ2v) is 5.81. The van der Waals surface area contributed by atoms with Gasteiger partial charge in [-0.15, -0.1) is 0 Å². The summed E-state index contributed by atoms with van der Waals surface area (Å²) >= 11 is 5.67. The van der Waals surface area contributed by atoms with Gasteiger partial charge in [0.2, 0.25) is 0 Å². The minimum atomic E-state index is -0.640. The topological polar surface area (TPSA) is 61.3 Å². The van der Waals surface area contributed by atoms with Crippen molar-refractivity contribution in [3.8, 4) is 22.9 Å². The van der Waals surface area contributed by atoms with Crippen molar-refractivity contribution in [1.29, 1.82) is 0 Å². The van der Waals surface area contributed by atoms with Crippen molar-refractivity contribution >= 4 is 17.6 Å². The largest absolute Gasteiger partial charge is 0.469 e. The van der Waals surface area contributed by atoms with Crippen LogP contribution in [0, 0.1) is 5.82 Å². The van der Waals surface area contributed by atoms with Gasteiger partial charge < -0.3 is 9.47 Å². The van der Waals surface area contributed by atoms with Crippen LogP contribution < -0.4 is 4.74 Å². The van der Waals surface area contributed by atoms with E-state index in [2.05, 4.69) is 14.7 Å². The van der Waals surface area contributed by atoms with Crippen LogP contribution >= 0.6 is 11.6 Å². The van der Waals surface area contributed by atoms with Crippen LogP contribution in [0.25, 0.3) is 11.3 Å². The van der Waals surface area contributed by atoms with Gasteiger partial charge in [0.25, 0.3) is 5.88 Å². The Balaban J connectivity index is 1.77. The number of carbonyl (C=O) groups excluding carboxylic acids is 1. The summed E-state index contributed by atoms with van der Waals surface area (Å²) in [5.74, 6) is -0.685. The van der Waals surface area contributed by atoms with Crippen molar-refractivity contribution in [3.63, 3.8) is 0 Å². The highest BCUT2D eigenvalue weighted by Gasteiger charge is 2.09. The number of esters is 1. The average molecular weight is 373 g/mol. The number of hydrogen-bond donors (Lipinski definition) is 0. The summed E-state index contributed by atoms with van der Waals surface area (Å²) < 4.78 is 23.8. The van der Waals surface area contributed by atoms with Gasteiger partial charge in [-0.05, 0) is 48.0 Å². The van der Waals surface area contributed by atoms with Crippen LogP contribution in [0.5, 0.6) is 11.6 Å². The second kappa shape index (κ2) is 7.93. The number of halogens is 2. The molecule has 132 valence electrons. The zero-order valence-electron chi connectivity index (χ0n) is 13.8. The van der Waals surface area contributed by atoms with Crippen LogP contribution in [0.2, 0.25) is 5.02 Å². The average Bonchev–Trinajstić information content (AvgIpc) is 2.65.